The Kier molecular flexibility index (Phi) is 5.87. The zero-order chi connectivity index (χ0) is 18.8. The number of amidine groups is 1. The molecule has 0 aromatic heterocycles. The minimum Gasteiger partial charge on any atom is -0.350 e. The average molecular weight is 365 g/mol. The lowest BCUT2D eigenvalue weighted by molar-refractivity contribution is 0.0938. The fraction of sp³-hybridized carbons (Fsp3) is 0.556. The maximum atomic E-state index is 12.5. The second-order valence-electron chi connectivity index (χ2n) is 6.96. The third-order valence-corrected chi connectivity index (χ3v) is 5.47. The number of anilines is 1. The van der Waals surface area contributed by atoms with Crippen LogP contribution < -0.4 is 10.2 Å². The lowest BCUT2D eigenvalue weighted by Crippen LogP contribution is -2.37. The zero-order valence-corrected chi connectivity index (χ0v) is 16.4. The lowest BCUT2D eigenvalue weighted by Gasteiger charge is -2.31. The first kappa shape index (κ1) is 19.4. The second-order valence-corrected chi connectivity index (χ2v) is 8.54. The van der Waals surface area contributed by atoms with Gasteiger partial charge in [-0.25, -0.2) is 0 Å². The fourth-order valence-electron chi connectivity index (χ4n) is 2.94. The number of sulfonamides is 1. The molecule has 1 aliphatic rings. The molecule has 1 atom stereocenters. The molecule has 0 aliphatic carbocycles. The van der Waals surface area contributed by atoms with E-state index in [9.17, 15) is 13.2 Å². The maximum Gasteiger partial charge on any atom is 0.286 e. The predicted octanol–water partition coefficient (Wildman–Crippen LogP) is 3.19. The summed E-state index contributed by atoms with van der Waals surface area (Å²) in [5.74, 6) is 0.535. The van der Waals surface area contributed by atoms with Gasteiger partial charge in [-0.3, -0.25) is 4.79 Å². The first-order valence-electron chi connectivity index (χ1n) is 8.69. The summed E-state index contributed by atoms with van der Waals surface area (Å²) in [7, 11) is -3.79. The summed E-state index contributed by atoms with van der Waals surface area (Å²) in [5.41, 5.74) is 0.920. The van der Waals surface area contributed by atoms with Gasteiger partial charge < -0.3 is 10.2 Å². The summed E-state index contributed by atoms with van der Waals surface area (Å²) in [6.45, 7) is 10.5. The minimum absolute atomic E-state index is 0.0443. The van der Waals surface area contributed by atoms with Gasteiger partial charge in [0.2, 0.25) is 0 Å². The molecule has 1 N–H and O–H groups in total. The summed E-state index contributed by atoms with van der Waals surface area (Å²) in [6.07, 6.45) is 1.85. The second kappa shape index (κ2) is 7.56. The van der Waals surface area contributed by atoms with Crippen LogP contribution in [0.3, 0.4) is 0 Å². The zero-order valence-electron chi connectivity index (χ0n) is 15.5. The van der Waals surface area contributed by atoms with E-state index in [1.165, 1.54) is 6.07 Å². The Labute approximate surface area is 150 Å². The number of nitrogens with zero attached hydrogens (tertiary/aromatic N) is 2. The van der Waals surface area contributed by atoms with Crippen LogP contribution in [-0.4, -0.2) is 32.7 Å². The Bertz CT molecular complexity index is 785. The number of amides is 1. The topological polar surface area (TPSA) is 78.8 Å². The molecular formula is C18H27N3O3S. The monoisotopic (exact) mass is 365 g/mol. The van der Waals surface area contributed by atoms with Crippen molar-refractivity contribution in [1.29, 1.82) is 0 Å². The smallest absolute Gasteiger partial charge is 0.286 e. The van der Waals surface area contributed by atoms with Crippen molar-refractivity contribution in [2.24, 2.45) is 10.3 Å². The van der Waals surface area contributed by atoms with E-state index in [0.29, 0.717) is 29.5 Å². The average Bonchev–Trinajstić information content (AvgIpc) is 2.50. The highest BCUT2D eigenvalue weighted by Gasteiger charge is 2.30. The van der Waals surface area contributed by atoms with E-state index >= 15 is 0 Å². The van der Waals surface area contributed by atoms with Crippen LogP contribution in [-0.2, 0) is 10.0 Å². The van der Waals surface area contributed by atoms with Crippen LogP contribution in [0.5, 0.6) is 0 Å². The molecule has 0 bridgehead atoms. The lowest BCUT2D eigenvalue weighted by atomic mass is 10.1. The summed E-state index contributed by atoms with van der Waals surface area (Å²) < 4.78 is 28.8. The van der Waals surface area contributed by atoms with Crippen molar-refractivity contribution >= 4 is 27.5 Å². The van der Waals surface area contributed by atoms with Crippen molar-refractivity contribution in [3.05, 3.63) is 23.8 Å². The normalized spacial score (nSPS) is 17.0. The van der Waals surface area contributed by atoms with Gasteiger partial charge in [0.05, 0.1) is 5.69 Å². The molecule has 0 radical (unpaired) electrons. The van der Waals surface area contributed by atoms with E-state index in [4.69, 9.17) is 0 Å². The van der Waals surface area contributed by atoms with Crippen LogP contribution in [0.4, 0.5) is 5.69 Å². The van der Waals surface area contributed by atoms with Crippen LogP contribution in [0.1, 0.15) is 57.8 Å². The molecule has 25 heavy (non-hydrogen) atoms. The van der Waals surface area contributed by atoms with Gasteiger partial charge in [0.25, 0.3) is 15.9 Å². The summed E-state index contributed by atoms with van der Waals surface area (Å²) >= 11 is 0. The molecule has 0 spiro atoms. The van der Waals surface area contributed by atoms with Crippen molar-refractivity contribution in [2.45, 2.75) is 58.4 Å². The molecule has 0 saturated heterocycles. The van der Waals surface area contributed by atoms with Crippen LogP contribution in [0, 0.1) is 5.92 Å². The van der Waals surface area contributed by atoms with Gasteiger partial charge in [-0.1, -0.05) is 27.2 Å². The summed E-state index contributed by atoms with van der Waals surface area (Å²) in [5, 5.41) is 2.90. The number of nitrogens with one attached hydrogen (secondary N) is 1. The molecule has 1 unspecified atom stereocenters. The highest BCUT2D eigenvalue weighted by molar-refractivity contribution is 7.90. The molecule has 0 fully saturated rings. The van der Waals surface area contributed by atoms with Crippen molar-refractivity contribution < 1.29 is 13.2 Å². The molecule has 1 aromatic rings. The van der Waals surface area contributed by atoms with Gasteiger partial charge in [0, 0.05) is 18.2 Å². The number of hydrogen-bond donors (Lipinski definition) is 1. The Hall–Kier alpha value is -1.89. The molecule has 1 aliphatic heterocycles. The van der Waals surface area contributed by atoms with E-state index in [0.717, 1.165) is 12.8 Å². The van der Waals surface area contributed by atoms with Crippen molar-refractivity contribution in [3.8, 4) is 0 Å². The van der Waals surface area contributed by atoms with Crippen molar-refractivity contribution in [2.75, 3.05) is 11.4 Å². The molecule has 1 heterocycles. The number of fused-ring (bicyclic) bond motifs is 1. The van der Waals surface area contributed by atoms with Crippen LogP contribution in [0.25, 0.3) is 0 Å². The maximum absolute atomic E-state index is 12.5. The van der Waals surface area contributed by atoms with Gasteiger partial charge in [-0.05, 0) is 44.4 Å². The summed E-state index contributed by atoms with van der Waals surface area (Å²) in [6, 6.07) is 4.85. The van der Waals surface area contributed by atoms with Crippen molar-refractivity contribution in [1.82, 2.24) is 5.32 Å². The first-order chi connectivity index (χ1) is 11.7. The van der Waals surface area contributed by atoms with E-state index in [-0.39, 0.29) is 16.8 Å². The third kappa shape index (κ3) is 4.39. The molecule has 0 saturated carbocycles. The van der Waals surface area contributed by atoms with Crippen LogP contribution in [0.2, 0.25) is 0 Å². The number of carbonyl (C=O) groups is 1. The van der Waals surface area contributed by atoms with Gasteiger partial charge in [0.15, 0.2) is 0 Å². The quantitative estimate of drug-likeness (QED) is 0.840. The highest BCUT2D eigenvalue weighted by atomic mass is 32.2. The van der Waals surface area contributed by atoms with Crippen LogP contribution >= 0.6 is 0 Å². The van der Waals surface area contributed by atoms with Gasteiger partial charge >= 0.3 is 0 Å². The molecule has 1 amide bonds. The highest BCUT2D eigenvalue weighted by Crippen LogP contribution is 2.33. The predicted molar refractivity (Wildman–Crippen MR) is 101 cm³/mol. The van der Waals surface area contributed by atoms with Gasteiger partial charge in [-0.2, -0.15) is 8.42 Å². The Morgan fingerprint density at radius 2 is 1.96 bits per heavy atom. The van der Waals surface area contributed by atoms with Gasteiger partial charge in [-0.15, -0.1) is 4.40 Å². The molecule has 2 rings (SSSR count). The fourth-order valence-corrected chi connectivity index (χ4v) is 4.20. The molecule has 138 valence electrons. The number of benzene rings is 1. The number of rotatable bonds is 6. The summed E-state index contributed by atoms with van der Waals surface area (Å²) in [4.78, 5) is 14.4. The Morgan fingerprint density at radius 3 is 2.56 bits per heavy atom. The molecule has 7 heteroatoms. The minimum atomic E-state index is -3.79. The standard InChI is InChI=1S/C18H27N3O3S/c1-6-7-13(4)19-18(22)15-8-9-16-17(10-15)25(23,24)20-14(5)21(16)11-12(2)3/h8-10,12-13H,6-7,11H2,1-5H3,(H,19,22). The molecule has 6 nitrogen and oxygen atoms in total. The first-order valence-corrected chi connectivity index (χ1v) is 10.1. The van der Waals surface area contributed by atoms with E-state index < -0.39 is 10.0 Å². The van der Waals surface area contributed by atoms with E-state index in [1.807, 2.05) is 11.8 Å². The molecular weight excluding hydrogens is 338 g/mol. The van der Waals surface area contributed by atoms with E-state index in [2.05, 4.69) is 30.5 Å². The number of carbonyl (C=O) groups excluding carboxylic acids is 1. The van der Waals surface area contributed by atoms with E-state index in [1.54, 1.807) is 19.1 Å². The third-order valence-electron chi connectivity index (χ3n) is 4.08. The number of hydrogen-bond acceptors (Lipinski definition) is 4. The van der Waals surface area contributed by atoms with Crippen LogP contribution in [0.15, 0.2) is 27.5 Å². The molecule has 1 aromatic carbocycles. The van der Waals surface area contributed by atoms with Gasteiger partial charge in [0.1, 0.15) is 10.7 Å². The SMILES string of the molecule is CCCC(C)NC(=O)c1ccc2c(c1)S(=O)(=O)N=C(C)N2CC(C)C. The van der Waals surface area contributed by atoms with Crippen molar-refractivity contribution in [3.63, 3.8) is 0 Å². The largest absolute Gasteiger partial charge is 0.350 e. The Balaban J connectivity index is 2.40. The Morgan fingerprint density at radius 1 is 1.28 bits per heavy atom.